The van der Waals surface area contributed by atoms with E-state index in [2.05, 4.69) is 0 Å². The van der Waals surface area contributed by atoms with E-state index < -0.39 is 73.7 Å². The van der Waals surface area contributed by atoms with E-state index in [-0.39, 0.29) is 115 Å². The smallest absolute Gasteiger partial charge is 1.00 e. The molecule has 0 radical (unpaired) electrons. The van der Waals surface area contributed by atoms with Crippen molar-refractivity contribution in [2.45, 2.75) is 234 Å². The molecular weight excluding hydrogens is 1190 g/mol. The van der Waals surface area contributed by atoms with Crippen LogP contribution in [0.1, 0.15) is 236 Å². The van der Waals surface area contributed by atoms with Crippen molar-refractivity contribution < 1.29 is 79.2 Å². The second kappa shape index (κ2) is 28.2. The second-order valence-corrected chi connectivity index (χ2v) is 38.1. The largest absolute Gasteiger partial charge is 2.00 e. The van der Waals surface area contributed by atoms with Crippen molar-refractivity contribution in [3.63, 3.8) is 0 Å². The van der Waals surface area contributed by atoms with Gasteiger partial charge in [0.1, 0.15) is 23.0 Å². The van der Waals surface area contributed by atoms with Gasteiger partial charge in [-0.2, -0.15) is 0 Å². The fourth-order valence-electron chi connectivity index (χ4n) is 9.54. The van der Waals surface area contributed by atoms with Gasteiger partial charge in [0.2, 0.25) is 0 Å². The summed E-state index contributed by atoms with van der Waals surface area (Å²) >= 11 is 0. The summed E-state index contributed by atoms with van der Waals surface area (Å²) in [5, 5.41) is 43.7. The molecule has 4 rings (SSSR count). The summed E-state index contributed by atoms with van der Waals surface area (Å²) < 4.78 is 72.9. The fraction of sp³-hybridized carbons (Fsp3) is 0.625. The topological polar surface area (TPSA) is 267 Å². The third-order valence-electron chi connectivity index (χ3n) is 14.0. The van der Waals surface area contributed by atoms with Gasteiger partial charge in [-0.3, -0.25) is 18.3 Å². The van der Waals surface area contributed by atoms with Gasteiger partial charge in [-0.1, -0.05) is 215 Å². The minimum absolute atomic E-state index is 0. The summed E-state index contributed by atoms with van der Waals surface area (Å²) in [4.78, 5) is 42.4. The number of hydrogen-bond acceptors (Lipinski definition) is 12. The Hall–Kier alpha value is -2.06. The summed E-state index contributed by atoms with van der Waals surface area (Å²) in [6, 6.07) is 13.8. The molecule has 4 unspecified atom stereocenters. The molecule has 4 aromatic rings. The molecule has 16 nitrogen and oxygen atoms in total. The van der Waals surface area contributed by atoms with Gasteiger partial charge in [-0.05, 0) is 110 Å². The Morgan fingerprint density at radius 1 is 0.282 bits per heavy atom. The first-order valence-corrected chi connectivity index (χ1v) is 35.7. The van der Waals surface area contributed by atoms with E-state index in [9.17, 15) is 58.3 Å². The maximum absolute atomic E-state index is 13.0. The predicted octanol–water partition coefficient (Wildman–Crippen LogP) is 16.6. The van der Waals surface area contributed by atoms with E-state index >= 15 is 0 Å². The van der Waals surface area contributed by atoms with Gasteiger partial charge in [0.05, 0.1) is 51.1 Å². The van der Waals surface area contributed by atoms with Crippen molar-refractivity contribution in [3.8, 4) is 23.0 Å². The fourth-order valence-corrected chi connectivity index (χ4v) is 13.9. The summed E-state index contributed by atoms with van der Waals surface area (Å²) in [5.74, 6) is 0.713. The Balaban J connectivity index is 0.00000164. The van der Waals surface area contributed by atoms with E-state index in [1.54, 1.807) is 48.5 Å². The van der Waals surface area contributed by atoms with Crippen LogP contribution in [0.15, 0.2) is 48.5 Å². The Labute approximate surface area is 542 Å². The molecule has 480 valence electrons. The molecule has 0 fully saturated rings. The first kappa shape index (κ1) is 79.0. The van der Waals surface area contributed by atoms with Crippen molar-refractivity contribution in [2.75, 3.05) is 26.4 Å². The summed E-state index contributed by atoms with van der Waals surface area (Å²) in [6.07, 6.45) is -1.13. The number of benzene rings is 4. The molecule has 0 bridgehead atoms. The molecule has 4 atom stereocenters. The van der Waals surface area contributed by atoms with Crippen LogP contribution in [0.5, 0.6) is 23.0 Å². The van der Waals surface area contributed by atoms with Crippen LogP contribution < -0.4 is 0 Å². The summed E-state index contributed by atoms with van der Waals surface area (Å²) in [5.41, 5.74) is 4.46. The van der Waals surface area contributed by atoms with Gasteiger partial charge in [0.25, 0.3) is 0 Å². The molecule has 85 heavy (non-hydrogen) atoms. The Kier molecular flexibility index (Phi) is 26.2. The van der Waals surface area contributed by atoms with E-state index in [1.165, 1.54) is 0 Å². The summed E-state index contributed by atoms with van der Waals surface area (Å²) in [7, 11) is -16.6. The second-order valence-electron chi connectivity index (χ2n) is 30.7. The zero-order valence-corrected chi connectivity index (χ0v) is 61.4. The molecule has 0 saturated carbocycles. The monoisotopic (exact) mass is 1290 g/mol. The molecule has 0 spiro atoms. The van der Waals surface area contributed by atoms with Crippen molar-refractivity contribution in [1.82, 2.24) is 0 Å². The van der Waals surface area contributed by atoms with Crippen LogP contribution in [0.25, 0.3) is 0 Å². The van der Waals surface area contributed by atoms with Crippen molar-refractivity contribution >= 4 is 68.1 Å². The first-order valence-electron chi connectivity index (χ1n) is 28.6. The van der Waals surface area contributed by atoms with Gasteiger partial charge in [-0.25, -0.2) is 0 Å². The minimum atomic E-state index is -4.14. The van der Waals surface area contributed by atoms with Crippen molar-refractivity contribution in [2.24, 2.45) is 0 Å². The normalized spacial score (nSPS) is 16.0. The maximum atomic E-state index is 13.0. The zero-order valence-electron chi connectivity index (χ0n) is 57.6. The number of rotatable bonds is 18. The Bertz CT molecular complexity index is 2620. The molecule has 0 aliphatic carbocycles. The molecule has 0 amide bonds. The number of phenolic OH excluding ortho intramolecular Hbond substituents is 4. The van der Waals surface area contributed by atoms with Crippen LogP contribution >= 0.6 is 30.4 Å². The van der Waals surface area contributed by atoms with Crippen LogP contribution in [0.2, 0.25) is 0 Å². The molecule has 0 aromatic heterocycles. The number of aromatic hydroxyl groups is 4. The average Bonchev–Trinajstić information content (AvgIpc) is 1.64. The summed E-state index contributed by atoms with van der Waals surface area (Å²) in [6.45, 7) is 45.7. The standard InChI is InChI=1S/2C32H52O8P2.Ca.2H/c2*1-29(2,3)23-15-21(16-24(27(23)33)30(4,5)6)19-41(35,36)39-13-14-40-42(37,38)20-22-17-25(31(7,8)9)28(34)26(18-22)32(10,11)12;;;/h2*15-18,33-34H,13-14,19-20H2,1-12H3,(H,35,36)(H,37,38);;;/q;;+2;2*-1. The average molecular weight is 1300 g/mol. The third kappa shape index (κ3) is 23.9. The maximum Gasteiger partial charge on any atom is 2.00 e. The first-order chi connectivity index (χ1) is 37.3. The van der Waals surface area contributed by atoms with Gasteiger partial charge in [-0.15, -0.1) is 0 Å². The van der Waals surface area contributed by atoms with Gasteiger partial charge < -0.3 is 60.9 Å². The Morgan fingerprint density at radius 2 is 0.388 bits per heavy atom. The van der Waals surface area contributed by atoms with E-state index in [0.29, 0.717) is 66.8 Å². The quantitative estimate of drug-likeness (QED) is 0.0261. The predicted molar refractivity (Wildman–Crippen MR) is 348 cm³/mol. The Morgan fingerprint density at radius 3 is 0.482 bits per heavy atom. The SMILES string of the molecule is CC(C)(C)c1cc(CP(=O)(O)OCCOP(=O)(O)Cc2cc(C(C)(C)C)c(O)c(C(C)(C)C)c2)cc(C(C)(C)C)c1O.CC(C)(C)c1cc(CP(=O)(O)OCCOP(=O)(O)Cc2cc(C(C)(C)C)c(O)c(C(C)(C)C)c2)cc(C(C)(C)C)c1O.[Ca+2].[H-].[H-]. The minimum Gasteiger partial charge on any atom is -1.00 e. The van der Waals surface area contributed by atoms with Crippen LogP contribution in [0.4, 0.5) is 0 Å². The van der Waals surface area contributed by atoms with Crippen molar-refractivity contribution in [1.29, 1.82) is 0 Å². The molecule has 4 aromatic carbocycles. The van der Waals surface area contributed by atoms with Gasteiger partial charge in [0, 0.05) is 0 Å². The van der Waals surface area contributed by atoms with Crippen LogP contribution in [0, 0.1) is 0 Å². The van der Waals surface area contributed by atoms with Crippen LogP contribution in [-0.4, -0.2) is 104 Å². The van der Waals surface area contributed by atoms with Crippen molar-refractivity contribution in [3.05, 3.63) is 115 Å². The van der Waals surface area contributed by atoms with E-state index in [1.807, 2.05) is 166 Å². The van der Waals surface area contributed by atoms with Gasteiger partial charge in [0.15, 0.2) is 0 Å². The number of hydrogen-bond donors (Lipinski definition) is 8. The zero-order chi connectivity index (χ0) is 65.4. The molecular formula is C64H106CaO16P4. The van der Waals surface area contributed by atoms with Crippen LogP contribution in [0.3, 0.4) is 0 Å². The molecule has 0 saturated heterocycles. The number of phenols is 4. The van der Waals surface area contributed by atoms with Gasteiger partial charge >= 0.3 is 68.1 Å². The van der Waals surface area contributed by atoms with E-state index in [4.69, 9.17) is 18.1 Å². The molecule has 0 aliphatic rings. The molecule has 8 N–H and O–H groups in total. The third-order valence-corrected chi connectivity index (χ3v) is 19.4. The van der Waals surface area contributed by atoms with Crippen LogP contribution in [-0.2, 0) is 104 Å². The molecule has 0 heterocycles. The molecule has 21 heteroatoms. The molecule has 0 aliphatic heterocycles. The van der Waals surface area contributed by atoms with E-state index in [0.717, 1.165) is 0 Å².